The molecule has 0 spiro atoms. The van der Waals surface area contributed by atoms with Gasteiger partial charge in [0.1, 0.15) is 17.6 Å². The zero-order valence-electron chi connectivity index (χ0n) is 22.4. The fourth-order valence-electron chi connectivity index (χ4n) is 5.06. The maximum atomic E-state index is 13.5. The lowest BCUT2D eigenvalue weighted by Crippen LogP contribution is -2.29. The number of fused-ring (bicyclic) bond motifs is 1. The van der Waals surface area contributed by atoms with Gasteiger partial charge in [-0.2, -0.15) is 0 Å². The summed E-state index contributed by atoms with van der Waals surface area (Å²) in [7, 11) is 0. The van der Waals surface area contributed by atoms with E-state index in [1.165, 1.54) is 4.90 Å². The second-order valence-corrected chi connectivity index (χ2v) is 10.6. The molecule has 0 radical (unpaired) electrons. The molecule has 2 heterocycles. The number of aliphatic hydroxyl groups is 1. The fraction of sp³-hybridized carbons (Fsp3) is 0.281. The third-order valence-electron chi connectivity index (χ3n) is 6.90. The molecule has 5 rings (SSSR count). The number of esters is 1. The molecule has 200 valence electrons. The maximum Gasteiger partial charge on any atom is 0.338 e. The van der Waals surface area contributed by atoms with Crippen LogP contribution >= 0.6 is 0 Å². The van der Waals surface area contributed by atoms with Crippen molar-refractivity contribution in [3.05, 3.63) is 100 Å². The smallest absolute Gasteiger partial charge is 0.338 e. The third kappa shape index (κ3) is 5.04. The summed E-state index contributed by atoms with van der Waals surface area (Å²) in [5, 5.41) is 11.5. The first kappa shape index (κ1) is 26.2. The van der Waals surface area contributed by atoms with Gasteiger partial charge in [0.25, 0.3) is 11.7 Å². The number of amides is 1. The lowest BCUT2D eigenvalue weighted by atomic mass is 9.93. The second kappa shape index (κ2) is 10.4. The van der Waals surface area contributed by atoms with Gasteiger partial charge in [-0.05, 0) is 73.4 Å². The van der Waals surface area contributed by atoms with Crippen molar-refractivity contribution in [2.75, 3.05) is 11.5 Å². The first-order valence-electron chi connectivity index (χ1n) is 13.1. The number of carbonyl (C=O) groups is 3. The van der Waals surface area contributed by atoms with Gasteiger partial charge in [-0.15, -0.1) is 0 Å². The van der Waals surface area contributed by atoms with E-state index in [2.05, 4.69) is 0 Å². The Labute approximate surface area is 227 Å². The van der Waals surface area contributed by atoms with Crippen LogP contribution in [0.15, 0.2) is 72.3 Å². The Morgan fingerprint density at radius 3 is 2.46 bits per heavy atom. The molecule has 1 fully saturated rings. The highest BCUT2D eigenvalue weighted by atomic mass is 16.5. The van der Waals surface area contributed by atoms with Crippen LogP contribution < -0.4 is 9.64 Å². The van der Waals surface area contributed by atoms with Crippen molar-refractivity contribution in [2.45, 2.75) is 46.3 Å². The summed E-state index contributed by atoms with van der Waals surface area (Å²) in [5.41, 5.74) is 3.81. The minimum Gasteiger partial charge on any atom is -0.507 e. The van der Waals surface area contributed by atoms with E-state index in [9.17, 15) is 19.5 Å². The molecule has 3 aromatic rings. The Balaban J connectivity index is 1.58. The third-order valence-corrected chi connectivity index (χ3v) is 6.90. The van der Waals surface area contributed by atoms with E-state index in [0.29, 0.717) is 35.4 Å². The molecule has 0 aromatic heterocycles. The number of ether oxygens (including phenoxy) is 2. The Morgan fingerprint density at radius 1 is 1.05 bits per heavy atom. The lowest BCUT2D eigenvalue weighted by Gasteiger charge is -2.26. The number of aliphatic hydroxyl groups excluding tert-OH is 1. The number of Topliss-reactive ketones (excluding diaryl/α,β-unsaturated/α-hetero) is 1. The molecule has 0 saturated carbocycles. The standard InChI is InChI=1S/C32H31NO6/c1-18(2)17-38-32(37)21-8-11-25(12-9-21)33-28(22-7-5-6-19(3)14-22)27(30(35)31(33)36)29(34)23-10-13-26-24(16-23)15-20(4)39-26/h5-14,16,18,20,28,34H,15,17H2,1-4H3/b29-27-. The summed E-state index contributed by atoms with van der Waals surface area (Å²) in [6.07, 6.45) is 0.721. The zero-order valence-corrected chi connectivity index (χ0v) is 22.4. The summed E-state index contributed by atoms with van der Waals surface area (Å²) in [4.78, 5) is 40.7. The van der Waals surface area contributed by atoms with E-state index < -0.39 is 23.7 Å². The van der Waals surface area contributed by atoms with Crippen molar-refractivity contribution in [1.82, 2.24) is 0 Å². The van der Waals surface area contributed by atoms with Crippen LogP contribution in [0.2, 0.25) is 0 Å². The summed E-state index contributed by atoms with van der Waals surface area (Å²) >= 11 is 0. The largest absolute Gasteiger partial charge is 0.507 e. The SMILES string of the molecule is Cc1cccc(C2/C(=C(/O)c3ccc4c(c3)CC(C)O4)C(=O)C(=O)N2c2ccc(C(=O)OCC(C)C)cc2)c1. The zero-order chi connectivity index (χ0) is 27.8. The topological polar surface area (TPSA) is 93.1 Å². The molecule has 2 unspecified atom stereocenters. The van der Waals surface area contributed by atoms with Crippen LogP contribution in [0.1, 0.15) is 59.4 Å². The van der Waals surface area contributed by atoms with E-state index in [-0.39, 0.29) is 23.4 Å². The first-order chi connectivity index (χ1) is 18.6. The fourth-order valence-corrected chi connectivity index (χ4v) is 5.06. The van der Waals surface area contributed by atoms with Crippen LogP contribution in [-0.4, -0.2) is 35.5 Å². The monoisotopic (exact) mass is 525 g/mol. The van der Waals surface area contributed by atoms with Gasteiger partial charge < -0.3 is 14.6 Å². The molecule has 1 N–H and O–H groups in total. The van der Waals surface area contributed by atoms with E-state index in [1.54, 1.807) is 36.4 Å². The molecule has 7 heteroatoms. The molecule has 7 nitrogen and oxygen atoms in total. The van der Waals surface area contributed by atoms with Gasteiger partial charge in [0.05, 0.1) is 23.8 Å². The van der Waals surface area contributed by atoms with E-state index in [0.717, 1.165) is 16.9 Å². The molecule has 2 aliphatic heterocycles. The quantitative estimate of drug-likeness (QED) is 0.190. The van der Waals surface area contributed by atoms with Gasteiger partial charge in [-0.1, -0.05) is 43.7 Å². The molecule has 3 aromatic carbocycles. The van der Waals surface area contributed by atoms with Crippen molar-refractivity contribution in [3.8, 4) is 5.75 Å². The Bertz CT molecular complexity index is 1490. The second-order valence-electron chi connectivity index (χ2n) is 10.6. The predicted octanol–water partition coefficient (Wildman–Crippen LogP) is 5.76. The number of hydrogen-bond acceptors (Lipinski definition) is 6. The molecule has 0 bridgehead atoms. The van der Waals surface area contributed by atoms with Gasteiger partial charge >= 0.3 is 5.97 Å². The number of anilines is 1. The molecular weight excluding hydrogens is 494 g/mol. The van der Waals surface area contributed by atoms with Crippen LogP contribution in [0.3, 0.4) is 0 Å². The molecular formula is C32H31NO6. The van der Waals surface area contributed by atoms with Crippen LogP contribution in [-0.2, 0) is 20.7 Å². The summed E-state index contributed by atoms with van der Waals surface area (Å²) < 4.78 is 11.1. The van der Waals surface area contributed by atoms with E-state index >= 15 is 0 Å². The van der Waals surface area contributed by atoms with Crippen molar-refractivity contribution in [2.24, 2.45) is 5.92 Å². The predicted molar refractivity (Wildman–Crippen MR) is 148 cm³/mol. The Kier molecular flexibility index (Phi) is 7.00. The highest BCUT2D eigenvalue weighted by Crippen LogP contribution is 2.43. The molecule has 1 saturated heterocycles. The number of nitrogens with zero attached hydrogens (tertiary/aromatic N) is 1. The van der Waals surface area contributed by atoms with Gasteiger partial charge in [0.2, 0.25) is 0 Å². The number of carbonyl (C=O) groups excluding carboxylic acids is 3. The maximum absolute atomic E-state index is 13.5. The normalized spacial score (nSPS) is 19.8. The van der Waals surface area contributed by atoms with Crippen molar-refractivity contribution in [1.29, 1.82) is 0 Å². The van der Waals surface area contributed by atoms with Crippen LogP contribution in [0.5, 0.6) is 5.75 Å². The van der Waals surface area contributed by atoms with Gasteiger partial charge in [0.15, 0.2) is 0 Å². The van der Waals surface area contributed by atoms with Crippen LogP contribution in [0.25, 0.3) is 5.76 Å². The number of ketones is 1. The van der Waals surface area contributed by atoms with Crippen LogP contribution in [0, 0.1) is 12.8 Å². The minimum atomic E-state index is -0.855. The highest BCUT2D eigenvalue weighted by molar-refractivity contribution is 6.51. The summed E-state index contributed by atoms with van der Waals surface area (Å²) in [6.45, 7) is 8.11. The van der Waals surface area contributed by atoms with Crippen molar-refractivity contribution >= 4 is 29.1 Å². The van der Waals surface area contributed by atoms with E-state index in [4.69, 9.17) is 9.47 Å². The molecule has 0 aliphatic carbocycles. The highest BCUT2D eigenvalue weighted by Gasteiger charge is 2.47. The van der Waals surface area contributed by atoms with Crippen molar-refractivity contribution < 1.29 is 29.0 Å². The summed E-state index contributed by atoms with van der Waals surface area (Å²) in [6, 6.07) is 18.3. The number of benzene rings is 3. The average molecular weight is 526 g/mol. The van der Waals surface area contributed by atoms with Gasteiger partial charge in [-0.3, -0.25) is 14.5 Å². The molecule has 2 aliphatic rings. The average Bonchev–Trinajstić information content (AvgIpc) is 3.42. The molecule has 1 amide bonds. The first-order valence-corrected chi connectivity index (χ1v) is 13.1. The van der Waals surface area contributed by atoms with Gasteiger partial charge in [-0.25, -0.2) is 4.79 Å². The van der Waals surface area contributed by atoms with Gasteiger partial charge in [0, 0.05) is 17.7 Å². The Morgan fingerprint density at radius 2 is 1.77 bits per heavy atom. The van der Waals surface area contributed by atoms with E-state index in [1.807, 2.05) is 58.0 Å². The number of aryl methyl sites for hydroxylation is 1. The lowest BCUT2D eigenvalue weighted by molar-refractivity contribution is -0.132. The van der Waals surface area contributed by atoms with Crippen LogP contribution in [0.4, 0.5) is 5.69 Å². The summed E-state index contributed by atoms with van der Waals surface area (Å²) in [5.74, 6) is -1.26. The number of hydrogen-bond donors (Lipinski definition) is 1. The number of rotatable bonds is 6. The molecule has 2 atom stereocenters. The van der Waals surface area contributed by atoms with Crippen molar-refractivity contribution in [3.63, 3.8) is 0 Å². The minimum absolute atomic E-state index is 0.0120. The molecule has 39 heavy (non-hydrogen) atoms. The Hall–Kier alpha value is -4.39.